The van der Waals surface area contributed by atoms with Gasteiger partial charge in [0.25, 0.3) is 18.1 Å². The predicted molar refractivity (Wildman–Crippen MR) is 190 cm³/mol. The maximum Gasteiger partial charge on any atom is 0.275 e. The fraction of sp³-hybridized carbons (Fsp3) is 0.421. The molecule has 0 N–H and O–H groups in total. The Morgan fingerprint density at radius 3 is 1.59 bits per heavy atom. The van der Waals surface area contributed by atoms with Gasteiger partial charge in [0.05, 0.1) is 0 Å². The number of aryl methyl sites for hydroxylation is 3. The zero-order valence-electron chi connectivity index (χ0n) is 28.7. The number of hydrogen-bond acceptors (Lipinski definition) is 4. The Balaban J connectivity index is 1.89. The van der Waals surface area contributed by atoms with Gasteiger partial charge in [0.2, 0.25) is 0 Å². The molecule has 3 aromatic carbocycles. The Morgan fingerprint density at radius 2 is 1.11 bits per heavy atom. The molecule has 0 radical (unpaired) electrons. The summed E-state index contributed by atoms with van der Waals surface area (Å²) in [6, 6.07) is 12.6. The largest absolute Gasteiger partial charge is 0.445 e. The quantitative estimate of drug-likeness (QED) is 0.220. The van der Waals surface area contributed by atoms with E-state index in [0.29, 0.717) is 0 Å². The smallest absolute Gasteiger partial charge is 0.275 e. The van der Waals surface area contributed by atoms with Gasteiger partial charge in [-0.15, -0.1) is 0 Å². The van der Waals surface area contributed by atoms with Crippen LogP contribution in [-0.2, 0) is 15.4 Å². The van der Waals surface area contributed by atoms with Crippen LogP contribution in [0.2, 0.25) is 0 Å². The molecule has 0 saturated heterocycles. The zero-order valence-corrected chi connectivity index (χ0v) is 30.7. The molecule has 236 valence electrons. The van der Waals surface area contributed by atoms with Crippen molar-refractivity contribution in [2.45, 2.75) is 107 Å². The van der Waals surface area contributed by atoms with Crippen molar-refractivity contribution in [3.63, 3.8) is 0 Å². The minimum Gasteiger partial charge on any atom is -0.445 e. The monoisotopic (exact) mass is 632 g/mol. The van der Waals surface area contributed by atoms with Gasteiger partial charge in [-0.25, -0.2) is 0 Å². The Morgan fingerprint density at radius 1 is 0.614 bits per heavy atom. The van der Waals surface area contributed by atoms with E-state index in [-0.39, 0.29) is 28.9 Å². The molecule has 2 atom stereocenters. The average Bonchev–Trinajstić information content (AvgIpc) is 2.93. The van der Waals surface area contributed by atoms with Gasteiger partial charge in [-0.1, -0.05) is 84.0 Å². The molecule has 4 rings (SSSR count). The summed E-state index contributed by atoms with van der Waals surface area (Å²) >= 11 is 0. The molecule has 4 nitrogen and oxygen atoms in total. The minimum absolute atomic E-state index is 0.0570. The molecule has 0 amide bonds. The molecule has 0 saturated carbocycles. The van der Waals surface area contributed by atoms with Gasteiger partial charge in [-0.3, -0.25) is 0 Å². The fourth-order valence-corrected chi connectivity index (χ4v) is 7.45. The van der Waals surface area contributed by atoms with Gasteiger partial charge in [0.15, 0.2) is 0 Å². The maximum atomic E-state index is 6.65. The highest BCUT2D eigenvalue weighted by Gasteiger charge is 2.30. The van der Waals surface area contributed by atoms with Crippen LogP contribution in [0.25, 0.3) is 11.1 Å². The Labute approximate surface area is 269 Å². The van der Waals surface area contributed by atoms with Gasteiger partial charge in [0.1, 0.15) is 23.0 Å². The lowest BCUT2D eigenvalue weighted by atomic mass is 9.76. The minimum atomic E-state index is -0.197. The Hall–Kier alpha value is -2.80. The Bertz CT molecular complexity index is 1590. The van der Waals surface area contributed by atoms with E-state index in [1.54, 1.807) is 0 Å². The molecule has 0 heterocycles. The van der Waals surface area contributed by atoms with E-state index in [2.05, 4.69) is 113 Å². The second-order valence-corrected chi connectivity index (χ2v) is 15.2. The first-order valence-electron chi connectivity index (χ1n) is 15.5. The SMILES string of the molecule is CC1=C(OPOc2c(C)cc(C(C)(C)C)c(C)c2-c2c(C)c(C(C)(C)C)cc(C)c2OPOc2ccccc2C)CCC=C1. The molecular formula is C38H50O4P2. The summed E-state index contributed by atoms with van der Waals surface area (Å²) in [5.74, 6) is 3.52. The molecular weight excluding hydrogens is 582 g/mol. The summed E-state index contributed by atoms with van der Waals surface area (Å²) in [6.45, 7) is 26.5. The van der Waals surface area contributed by atoms with Crippen molar-refractivity contribution in [3.05, 3.63) is 98.8 Å². The molecule has 0 bridgehead atoms. The van der Waals surface area contributed by atoms with Gasteiger partial charge >= 0.3 is 0 Å². The third-order valence-corrected chi connectivity index (χ3v) is 9.57. The van der Waals surface area contributed by atoms with Crippen LogP contribution in [0.3, 0.4) is 0 Å². The number of hydrogen-bond donors (Lipinski definition) is 0. The summed E-state index contributed by atoms with van der Waals surface area (Å²) in [5, 5.41) is 0. The third kappa shape index (κ3) is 7.52. The molecule has 0 aromatic heterocycles. The first-order chi connectivity index (χ1) is 20.6. The van der Waals surface area contributed by atoms with Crippen LogP contribution in [0.1, 0.15) is 100 Å². The lowest BCUT2D eigenvalue weighted by Crippen LogP contribution is -2.17. The summed E-state index contributed by atoms with van der Waals surface area (Å²) < 4.78 is 25.7. The highest BCUT2D eigenvalue weighted by Crippen LogP contribution is 2.51. The summed E-state index contributed by atoms with van der Waals surface area (Å²) in [5.41, 5.74) is 11.4. The normalized spacial score (nSPS) is 14.3. The lowest BCUT2D eigenvalue weighted by molar-refractivity contribution is 0.401. The van der Waals surface area contributed by atoms with Crippen molar-refractivity contribution in [2.75, 3.05) is 0 Å². The highest BCUT2D eigenvalue weighted by molar-refractivity contribution is 7.27. The predicted octanol–water partition coefficient (Wildman–Crippen LogP) is 12.0. The van der Waals surface area contributed by atoms with E-state index in [1.165, 1.54) is 27.8 Å². The van der Waals surface area contributed by atoms with E-state index in [4.69, 9.17) is 18.1 Å². The molecule has 0 spiro atoms. The Kier molecular flexibility index (Phi) is 10.6. The fourth-order valence-electron chi connectivity index (χ4n) is 6.00. The second kappa shape index (κ2) is 13.7. The van der Waals surface area contributed by atoms with Crippen molar-refractivity contribution >= 4 is 18.1 Å². The van der Waals surface area contributed by atoms with Crippen LogP contribution >= 0.6 is 18.1 Å². The lowest BCUT2D eigenvalue weighted by Gasteiger charge is -2.31. The number of benzene rings is 3. The van der Waals surface area contributed by atoms with Crippen molar-refractivity contribution in [3.8, 4) is 28.4 Å². The zero-order chi connectivity index (χ0) is 32.4. The summed E-state index contributed by atoms with van der Waals surface area (Å²) in [6.07, 6.45) is 6.22. The van der Waals surface area contributed by atoms with Crippen LogP contribution in [0.4, 0.5) is 0 Å². The van der Waals surface area contributed by atoms with Crippen LogP contribution in [-0.4, -0.2) is 0 Å². The van der Waals surface area contributed by atoms with Crippen molar-refractivity contribution in [1.82, 2.24) is 0 Å². The van der Waals surface area contributed by atoms with Crippen molar-refractivity contribution in [2.24, 2.45) is 0 Å². The molecule has 0 aliphatic heterocycles. The number of allylic oxidation sites excluding steroid dienone is 4. The van der Waals surface area contributed by atoms with Gasteiger partial charge < -0.3 is 18.1 Å². The summed E-state index contributed by atoms with van der Waals surface area (Å²) in [4.78, 5) is 0. The first kappa shape index (κ1) is 34.1. The van der Waals surface area contributed by atoms with Crippen LogP contribution < -0.4 is 13.6 Å². The third-order valence-electron chi connectivity index (χ3n) is 8.36. The average molecular weight is 633 g/mol. The van der Waals surface area contributed by atoms with E-state index in [0.717, 1.165) is 63.7 Å². The molecule has 1 aliphatic carbocycles. The van der Waals surface area contributed by atoms with Crippen LogP contribution in [0.15, 0.2) is 59.9 Å². The second-order valence-electron chi connectivity index (χ2n) is 14.0. The van der Waals surface area contributed by atoms with Crippen molar-refractivity contribution in [1.29, 1.82) is 0 Å². The van der Waals surface area contributed by atoms with Gasteiger partial charge in [0, 0.05) is 17.5 Å². The van der Waals surface area contributed by atoms with Crippen LogP contribution in [0, 0.1) is 34.6 Å². The molecule has 2 unspecified atom stereocenters. The highest BCUT2D eigenvalue weighted by atomic mass is 31.1. The molecule has 6 heteroatoms. The number of rotatable bonds is 9. The summed E-state index contributed by atoms with van der Waals surface area (Å²) in [7, 11) is -0.351. The standard InChI is InChI=1S/C38H50O4P2/c1-23-17-13-15-19-31(23)39-43-41-35-25(3)21-29(37(7,8)9)27(5)33(35)34-28(6)30(38(10,11)12)22-26(4)36(34)42-44-40-32-20-16-14-18-24(32)2/h13-15,17-19,21-22,43-44H,16,20H2,1-12H3. The topological polar surface area (TPSA) is 36.9 Å². The van der Waals surface area contributed by atoms with Gasteiger partial charge in [-0.2, -0.15) is 0 Å². The van der Waals surface area contributed by atoms with Crippen molar-refractivity contribution < 1.29 is 18.1 Å². The van der Waals surface area contributed by atoms with Gasteiger partial charge in [-0.05, 0) is 109 Å². The van der Waals surface area contributed by atoms with E-state index in [9.17, 15) is 0 Å². The van der Waals surface area contributed by atoms with Crippen LogP contribution in [0.5, 0.6) is 17.2 Å². The van der Waals surface area contributed by atoms with E-state index < -0.39 is 0 Å². The first-order valence-corrected chi connectivity index (χ1v) is 17.1. The van der Waals surface area contributed by atoms with E-state index in [1.807, 2.05) is 18.2 Å². The molecule has 1 aliphatic rings. The number of para-hydroxylation sites is 1. The van der Waals surface area contributed by atoms with E-state index >= 15 is 0 Å². The molecule has 0 fully saturated rings. The molecule has 44 heavy (non-hydrogen) atoms. The maximum absolute atomic E-state index is 6.65. The molecule has 3 aromatic rings.